The molecule has 3 aromatic carbocycles. The van der Waals surface area contributed by atoms with Gasteiger partial charge < -0.3 is 15.0 Å². The van der Waals surface area contributed by atoms with Crippen molar-refractivity contribution in [1.29, 1.82) is 0 Å². The lowest BCUT2D eigenvalue weighted by molar-refractivity contribution is 0.102. The smallest absolute Gasteiger partial charge is 0.265 e. The van der Waals surface area contributed by atoms with Crippen molar-refractivity contribution in [2.45, 2.75) is 11.8 Å². The van der Waals surface area contributed by atoms with E-state index in [1.165, 1.54) is 19.2 Å². The molecular formula is C23H20ClN3O4S. The number of hydrogen-bond acceptors (Lipinski definition) is 4. The third-order valence-electron chi connectivity index (χ3n) is 4.93. The molecule has 0 atom stereocenters. The summed E-state index contributed by atoms with van der Waals surface area (Å²) in [5, 5.41) is 4.06. The normalized spacial score (nSPS) is 11.3. The van der Waals surface area contributed by atoms with Crippen molar-refractivity contribution in [2.24, 2.45) is 0 Å². The summed E-state index contributed by atoms with van der Waals surface area (Å²) in [5.74, 6) is -0.202. The van der Waals surface area contributed by atoms with Gasteiger partial charge in [-0.3, -0.25) is 9.52 Å². The summed E-state index contributed by atoms with van der Waals surface area (Å²) in [4.78, 5) is 16.1. The molecule has 0 radical (unpaired) electrons. The first kappa shape index (κ1) is 21.7. The number of methoxy groups -OCH3 is 1. The van der Waals surface area contributed by atoms with Crippen LogP contribution in [-0.2, 0) is 10.0 Å². The van der Waals surface area contributed by atoms with Crippen LogP contribution >= 0.6 is 11.6 Å². The number of aryl methyl sites for hydroxylation is 1. The molecule has 1 aromatic heterocycles. The fourth-order valence-electron chi connectivity index (χ4n) is 3.46. The van der Waals surface area contributed by atoms with Crippen molar-refractivity contribution < 1.29 is 17.9 Å². The van der Waals surface area contributed by atoms with Gasteiger partial charge in [0.1, 0.15) is 10.6 Å². The van der Waals surface area contributed by atoms with E-state index in [-0.39, 0.29) is 16.6 Å². The highest BCUT2D eigenvalue weighted by Crippen LogP contribution is 2.30. The first-order valence-corrected chi connectivity index (χ1v) is 11.5. The maximum absolute atomic E-state index is 13.0. The number of amides is 1. The Bertz CT molecular complexity index is 1410. The molecule has 0 saturated heterocycles. The molecule has 1 heterocycles. The molecule has 3 N–H and O–H groups in total. The number of ether oxygens (including phenoxy) is 1. The number of carbonyl (C=O) groups excluding carboxylic acids is 1. The number of sulfonamides is 1. The van der Waals surface area contributed by atoms with Gasteiger partial charge in [-0.1, -0.05) is 29.8 Å². The van der Waals surface area contributed by atoms with Crippen molar-refractivity contribution in [1.82, 2.24) is 4.98 Å². The van der Waals surface area contributed by atoms with Crippen LogP contribution < -0.4 is 14.8 Å². The predicted octanol–water partition coefficient (Wildman–Crippen LogP) is 5.19. The van der Waals surface area contributed by atoms with Crippen molar-refractivity contribution in [3.05, 3.63) is 83.0 Å². The van der Waals surface area contributed by atoms with Crippen LogP contribution in [0.4, 0.5) is 11.4 Å². The summed E-state index contributed by atoms with van der Waals surface area (Å²) in [7, 11) is -2.62. The summed E-state index contributed by atoms with van der Waals surface area (Å²) < 4.78 is 33.8. The van der Waals surface area contributed by atoms with Crippen LogP contribution in [0.25, 0.3) is 10.9 Å². The number of aromatic amines is 1. The van der Waals surface area contributed by atoms with Crippen LogP contribution in [0.2, 0.25) is 5.02 Å². The summed E-state index contributed by atoms with van der Waals surface area (Å²) in [5.41, 5.74) is 2.73. The Balaban J connectivity index is 1.66. The SMILES string of the molecule is COc1ccc(NC(=O)c2c(C)[nH]c3ccccc23)cc1S(=O)(=O)Nc1ccc(Cl)cc1. The van der Waals surface area contributed by atoms with Crippen molar-refractivity contribution in [2.75, 3.05) is 17.1 Å². The highest BCUT2D eigenvalue weighted by Gasteiger charge is 2.22. The highest BCUT2D eigenvalue weighted by molar-refractivity contribution is 7.92. The summed E-state index contributed by atoms with van der Waals surface area (Å²) in [6.07, 6.45) is 0. The van der Waals surface area contributed by atoms with Gasteiger partial charge in [-0.25, -0.2) is 8.42 Å². The number of rotatable bonds is 6. The van der Waals surface area contributed by atoms with Gasteiger partial charge in [0.2, 0.25) is 0 Å². The molecular weight excluding hydrogens is 450 g/mol. The molecule has 9 heteroatoms. The zero-order chi connectivity index (χ0) is 22.9. The Morgan fingerprint density at radius 2 is 1.69 bits per heavy atom. The maximum Gasteiger partial charge on any atom is 0.265 e. The van der Waals surface area contributed by atoms with Gasteiger partial charge in [-0.15, -0.1) is 0 Å². The second kappa shape index (κ2) is 8.57. The average Bonchev–Trinajstić information content (AvgIpc) is 3.11. The highest BCUT2D eigenvalue weighted by atomic mass is 35.5. The second-order valence-corrected chi connectivity index (χ2v) is 9.19. The van der Waals surface area contributed by atoms with Gasteiger partial charge in [-0.05, 0) is 55.5 Å². The van der Waals surface area contributed by atoms with Crippen molar-refractivity contribution in [3.63, 3.8) is 0 Å². The number of carbonyl (C=O) groups is 1. The van der Waals surface area contributed by atoms with E-state index >= 15 is 0 Å². The molecule has 1 amide bonds. The Morgan fingerprint density at radius 3 is 2.41 bits per heavy atom. The summed E-state index contributed by atoms with van der Waals surface area (Å²) in [6, 6.07) is 18.2. The fourth-order valence-corrected chi connectivity index (χ4v) is 4.84. The molecule has 0 aliphatic rings. The fraction of sp³-hybridized carbons (Fsp3) is 0.0870. The maximum atomic E-state index is 13.0. The average molecular weight is 470 g/mol. The Hall–Kier alpha value is -3.49. The Labute approximate surface area is 190 Å². The molecule has 4 rings (SSSR count). The van der Waals surface area contributed by atoms with E-state index in [1.54, 1.807) is 30.3 Å². The third kappa shape index (κ3) is 4.28. The van der Waals surface area contributed by atoms with E-state index in [2.05, 4.69) is 15.0 Å². The first-order chi connectivity index (χ1) is 15.3. The van der Waals surface area contributed by atoms with Gasteiger partial charge in [0, 0.05) is 33.0 Å². The lowest BCUT2D eigenvalue weighted by atomic mass is 10.1. The topological polar surface area (TPSA) is 100 Å². The van der Waals surface area contributed by atoms with Gasteiger partial charge in [-0.2, -0.15) is 0 Å². The van der Waals surface area contributed by atoms with Crippen LogP contribution in [0.15, 0.2) is 71.6 Å². The largest absolute Gasteiger partial charge is 0.495 e. The quantitative estimate of drug-likeness (QED) is 0.361. The molecule has 32 heavy (non-hydrogen) atoms. The molecule has 164 valence electrons. The molecule has 0 spiro atoms. The lowest BCUT2D eigenvalue weighted by Gasteiger charge is -2.14. The third-order valence-corrected chi connectivity index (χ3v) is 6.58. The van der Waals surface area contributed by atoms with Gasteiger partial charge in [0.25, 0.3) is 15.9 Å². The standard InChI is InChI=1S/C23H20ClN3O4S/c1-14-22(18-5-3-4-6-19(18)25-14)23(28)26-17-11-12-20(31-2)21(13-17)32(29,30)27-16-9-7-15(24)8-10-16/h3-13,25,27H,1-2H3,(H,26,28). The van der Waals surface area contributed by atoms with Crippen molar-refractivity contribution in [3.8, 4) is 5.75 Å². The van der Waals surface area contributed by atoms with Gasteiger partial charge in [0.15, 0.2) is 0 Å². The summed E-state index contributed by atoms with van der Waals surface area (Å²) >= 11 is 5.87. The number of halogens is 1. The zero-order valence-electron chi connectivity index (χ0n) is 17.3. The molecule has 0 unspecified atom stereocenters. The van der Waals surface area contributed by atoms with E-state index in [0.717, 1.165) is 16.6 Å². The predicted molar refractivity (Wildman–Crippen MR) is 126 cm³/mol. The molecule has 7 nitrogen and oxygen atoms in total. The molecule has 0 saturated carbocycles. The van der Waals surface area contributed by atoms with Crippen molar-refractivity contribution >= 4 is 49.8 Å². The second-order valence-electron chi connectivity index (χ2n) is 7.10. The number of aromatic nitrogens is 1. The molecule has 0 aliphatic heterocycles. The number of nitrogens with one attached hydrogen (secondary N) is 3. The molecule has 0 aliphatic carbocycles. The van der Waals surface area contributed by atoms with E-state index in [1.807, 2.05) is 31.2 Å². The number of hydrogen-bond donors (Lipinski definition) is 3. The first-order valence-electron chi connectivity index (χ1n) is 9.63. The van der Waals surface area contributed by atoms with Crippen LogP contribution in [0.3, 0.4) is 0 Å². The summed E-state index contributed by atoms with van der Waals surface area (Å²) in [6.45, 7) is 1.81. The number of benzene rings is 3. The van der Waals surface area contributed by atoms with Gasteiger partial charge in [0.05, 0.1) is 12.7 Å². The molecule has 0 bridgehead atoms. The van der Waals surface area contributed by atoms with E-state index in [9.17, 15) is 13.2 Å². The van der Waals surface area contributed by atoms with Crippen LogP contribution in [-0.4, -0.2) is 26.4 Å². The molecule has 4 aromatic rings. The van der Waals surface area contributed by atoms with Crippen LogP contribution in [0.5, 0.6) is 5.75 Å². The number of fused-ring (bicyclic) bond motifs is 1. The number of para-hydroxylation sites is 1. The minimum atomic E-state index is -4.00. The van der Waals surface area contributed by atoms with Crippen LogP contribution in [0, 0.1) is 6.92 Å². The van der Waals surface area contributed by atoms with E-state index in [0.29, 0.717) is 22.0 Å². The number of H-pyrrole nitrogens is 1. The zero-order valence-corrected chi connectivity index (χ0v) is 18.8. The monoisotopic (exact) mass is 469 g/mol. The van der Waals surface area contributed by atoms with E-state index < -0.39 is 10.0 Å². The van der Waals surface area contributed by atoms with Crippen LogP contribution in [0.1, 0.15) is 16.1 Å². The minimum absolute atomic E-state index is 0.108. The van der Waals surface area contributed by atoms with Gasteiger partial charge >= 0.3 is 0 Å². The number of anilines is 2. The minimum Gasteiger partial charge on any atom is -0.495 e. The Morgan fingerprint density at radius 1 is 1.00 bits per heavy atom. The Kier molecular flexibility index (Phi) is 5.82. The molecule has 0 fully saturated rings. The van der Waals surface area contributed by atoms with E-state index in [4.69, 9.17) is 16.3 Å². The lowest BCUT2D eigenvalue weighted by Crippen LogP contribution is -2.16.